The molecule has 1 heterocycles. The van der Waals surface area contributed by atoms with Crippen LogP contribution in [0.15, 0.2) is 30.3 Å². The van der Waals surface area contributed by atoms with Gasteiger partial charge in [0.15, 0.2) is 5.69 Å². The molecule has 74 valence electrons. The molecular formula is C11H7FN2S. The summed E-state index contributed by atoms with van der Waals surface area (Å²) >= 11 is 1.23. The molecule has 0 bridgehead atoms. The zero-order valence-electron chi connectivity index (χ0n) is 7.77. The Morgan fingerprint density at radius 1 is 1.33 bits per heavy atom. The topological polar surface area (TPSA) is 36.7 Å². The summed E-state index contributed by atoms with van der Waals surface area (Å²) in [6.07, 6.45) is 0. The van der Waals surface area contributed by atoms with E-state index in [1.807, 2.05) is 36.4 Å². The average Bonchev–Trinajstić information content (AvgIpc) is 2.73. The number of nitrogens with zero attached hydrogens (tertiary/aromatic N) is 2. The third-order valence-corrected chi connectivity index (χ3v) is 3.00. The van der Waals surface area contributed by atoms with E-state index >= 15 is 0 Å². The Bertz CT molecular complexity index is 499. The van der Waals surface area contributed by atoms with Crippen molar-refractivity contribution in [1.82, 2.24) is 4.98 Å². The first-order chi connectivity index (χ1) is 7.35. The molecule has 0 fully saturated rings. The van der Waals surface area contributed by atoms with Gasteiger partial charge in [0.25, 0.3) is 0 Å². The van der Waals surface area contributed by atoms with Crippen molar-refractivity contribution < 1.29 is 4.39 Å². The molecule has 2 aromatic rings. The molecule has 1 aromatic heterocycles. The van der Waals surface area contributed by atoms with Crippen LogP contribution in [0, 0.1) is 11.3 Å². The molecule has 15 heavy (non-hydrogen) atoms. The first-order valence-corrected chi connectivity index (χ1v) is 5.18. The number of hydrogen-bond acceptors (Lipinski definition) is 3. The van der Waals surface area contributed by atoms with Gasteiger partial charge in [0.1, 0.15) is 17.8 Å². The highest BCUT2D eigenvalue weighted by molar-refractivity contribution is 7.15. The van der Waals surface area contributed by atoms with E-state index in [1.54, 1.807) is 0 Å². The highest BCUT2D eigenvalue weighted by Gasteiger charge is 2.11. The summed E-state index contributed by atoms with van der Waals surface area (Å²) in [5.41, 5.74) is 1.21. The average molecular weight is 218 g/mol. The lowest BCUT2D eigenvalue weighted by atomic mass is 10.2. The smallest absolute Gasteiger partial charge is 0.159 e. The number of nitriles is 1. The lowest BCUT2D eigenvalue weighted by Gasteiger charge is -1.94. The first-order valence-electron chi connectivity index (χ1n) is 4.36. The molecule has 0 saturated heterocycles. The molecule has 0 saturated carbocycles. The molecule has 0 aliphatic rings. The summed E-state index contributed by atoms with van der Waals surface area (Å²) in [4.78, 5) is 4.65. The predicted molar refractivity (Wildman–Crippen MR) is 57.1 cm³/mol. The van der Waals surface area contributed by atoms with Gasteiger partial charge in [-0.1, -0.05) is 30.3 Å². The lowest BCUT2D eigenvalue weighted by molar-refractivity contribution is 0.483. The van der Waals surface area contributed by atoms with E-state index in [2.05, 4.69) is 4.98 Å². The molecule has 0 atom stereocenters. The number of hydrogen-bond donors (Lipinski definition) is 0. The van der Waals surface area contributed by atoms with Gasteiger partial charge in [0.05, 0.1) is 4.88 Å². The van der Waals surface area contributed by atoms with Crippen LogP contribution in [0.2, 0.25) is 0 Å². The van der Waals surface area contributed by atoms with Crippen LogP contribution in [0.1, 0.15) is 10.7 Å². The zero-order chi connectivity index (χ0) is 10.7. The predicted octanol–water partition coefficient (Wildman–Crippen LogP) is 3.15. The van der Waals surface area contributed by atoms with Gasteiger partial charge in [-0.25, -0.2) is 9.37 Å². The molecule has 0 spiro atoms. The quantitative estimate of drug-likeness (QED) is 0.776. The summed E-state index contributed by atoms with van der Waals surface area (Å²) in [6.45, 7) is -0.619. The van der Waals surface area contributed by atoms with Crippen molar-refractivity contribution in [2.24, 2.45) is 0 Å². The Morgan fingerprint density at radius 2 is 2.07 bits per heavy atom. The van der Waals surface area contributed by atoms with Crippen LogP contribution in [0.5, 0.6) is 0 Å². The number of benzene rings is 1. The minimum Gasteiger partial charge on any atom is -0.243 e. The summed E-state index contributed by atoms with van der Waals surface area (Å²) in [7, 11) is 0. The number of thiazole rings is 1. The Labute approximate surface area is 90.6 Å². The van der Waals surface area contributed by atoms with Crippen molar-refractivity contribution in [3.8, 4) is 16.5 Å². The van der Waals surface area contributed by atoms with Gasteiger partial charge < -0.3 is 0 Å². The zero-order valence-corrected chi connectivity index (χ0v) is 8.59. The third kappa shape index (κ3) is 1.88. The maximum absolute atomic E-state index is 12.4. The second kappa shape index (κ2) is 4.20. The highest BCUT2D eigenvalue weighted by Crippen LogP contribution is 2.30. The van der Waals surface area contributed by atoms with E-state index < -0.39 is 6.67 Å². The number of halogens is 1. The van der Waals surface area contributed by atoms with Gasteiger partial charge in [-0.2, -0.15) is 5.26 Å². The van der Waals surface area contributed by atoms with Gasteiger partial charge in [0.2, 0.25) is 0 Å². The molecule has 2 rings (SSSR count). The van der Waals surface area contributed by atoms with E-state index in [9.17, 15) is 4.39 Å². The number of rotatable bonds is 2. The molecule has 0 aliphatic heterocycles. The van der Waals surface area contributed by atoms with Gasteiger partial charge in [-0.05, 0) is 5.56 Å². The molecule has 0 radical (unpaired) electrons. The molecule has 0 amide bonds. The summed E-state index contributed by atoms with van der Waals surface area (Å²) < 4.78 is 12.4. The normalized spacial score (nSPS) is 9.87. The van der Waals surface area contributed by atoms with Gasteiger partial charge in [-0.15, -0.1) is 11.3 Å². The van der Waals surface area contributed by atoms with Crippen molar-refractivity contribution in [3.05, 3.63) is 41.0 Å². The number of alkyl halides is 1. The molecule has 2 nitrogen and oxygen atoms in total. The minimum absolute atomic E-state index is 0.304. The van der Waals surface area contributed by atoms with E-state index in [0.717, 1.165) is 10.4 Å². The molecular weight excluding hydrogens is 211 g/mol. The highest BCUT2D eigenvalue weighted by atomic mass is 32.1. The van der Waals surface area contributed by atoms with E-state index in [4.69, 9.17) is 5.26 Å². The van der Waals surface area contributed by atoms with Crippen molar-refractivity contribution >= 4 is 11.3 Å². The second-order valence-corrected chi connectivity index (χ2v) is 3.98. The van der Waals surface area contributed by atoms with Gasteiger partial charge in [-0.3, -0.25) is 0 Å². The van der Waals surface area contributed by atoms with Crippen LogP contribution in [0.4, 0.5) is 4.39 Å². The summed E-state index contributed by atoms with van der Waals surface area (Å²) in [6, 6.07) is 11.4. The fourth-order valence-electron chi connectivity index (χ4n) is 1.28. The van der Waals surface area contributed by atoms with Crippen molar-refractivity contribution in [2.45, 2.75) is 6.67 Å². The summed E-state index contributed by atoms with van der Waals surface area (Å²) in [5, 5.41) is 9.21. The standard InChI is InChI=1S/C11H7FN2S/c12-6-10-14-9(7-13)11(15-10)8-4-2-1-3-5-8/h1-5H,6H2. The van der Waals surface area contributed by atoms with Crippen molar-refractivity contribution in [3.63, 3.8) is 0 Å². The second-order valence-electron chi connectivity index (χ2n) is 2.90. The molecule has 0 N–H and O–H groups in total. The van der Waals surface area contributed by atoms with E-state index in [-0.39, 0.29) is 0 Å². The van der Waals surface area contributed by atoms with Crippen LogP contribution in [-0.2, 0) is 6.67 Å². The SMILES string of the molecule is N#Cc1nc(CF)sc1-c1ccccc1. The van der Waals surface area contributed by atoms with Crippen LogP contribution in [-0.4, -0.2) is 4.98 Å². The van der Waals surface area contributed by atoms with E-state index in [0.29, 0.717) is 10.7 Å². The third-order valence-electron chi connectivity index (χ3n) is 1.93. The lowest BCUT2D eigenvalue weighted by Crippen LogP contribution is -1.79. The number of aromatic nitrogens is 1. The van der Waals surface area contributed by atoms with Crippen LogP contribution in [0.25, 0.3) is 10.4 Å². The van der Waals surface area contributed by atoms with Crippen LogP contribution >= 0.6 is 11.3 Å². The fourth-order valence-corrected chi connectivity index (χ4v) is 2.15. The van der Waals surface area contributed by atoms with Gasteiger partial charge in [0, 0.05) is 0 Å². The van der Waals surface area contributed by atoms with Crippen molar-refractivity contribution in [2.75, 3.05) is 0 Å². The Kier molecular flexibility index (Phi) is 2.75. The monoisotopic (exact) mass is 218 g/mol. The first kappa shape index (κ1) is 9.81. The Hall–Kier alpha value is -1.73. The largest absolute Gasteiger partial charge is 0.243 e. The van der Waals surface area contributed by atoms with E-state index in [1.165, 1.54) is 11.3 Å². The summed E-state index contributed by atoms with van der Waals surface area (Å²) in [5.74, 6) is 0. The van der Waals surface area contributed by atoms with Crippen LogP contribution in [0.3, 0.4) is 0 Å². The van der Waals surface area contributed by atoms with Gasteiger partial charge >= 0.3 is 0 Å². The molecule has 0 aliphatic carbocycles. The molecule has 1 aromatic carbocycles. The maximum Gasteiger partial charge on any atom is 0.159 e. The van der Waals surface area contributed by atoms with Crippen LogP contribution < -0.4 is 0 Å². The minimum atomic E-state index is -0.619. The Morgan fingerprint density at radius 3 is 2.67 bits per heavy atom. The maximum atomic E-state index is 12.4. The van der Waals surface area contributed by atoms with Crippen molar-refractivity contribution in [1.29, 1.82) is 5.26 Å². The fraction of sp³-hybridized carbons (Fsp3) is 0.0909. The molecule has 0 unspecified atom stereocenters. The Balaban J connectivity index is 2.53. The molecule has 4 heteroatoms.